The van der Waals surface area contributed by atoms with Crippen molar-refractivity contribution in [2.75, 3.05) is 0 Å². The Bertz CT molecular complexity index is 413. The van der Waals surface area contributed by atoms with Crippen molar-refractivity contribution in [3.8, 4) is 5.75 Å². The molecule has 1 aromatic carbocycles. The van der Waals surface area contributed by atoms with Crippen molar-refractivity contribution in [1.82, 2.24) is 0 Å². The van der Waals surface area contributed by atoms with E-state index in [1.165, 1.54) is 0 Å². The largest absolute Gasteiger partial charge is 0.505 e. The van der Waals surface area contributed by atoms with Crippen molar-refractivity contribution in [2.45, 2.75) is 12.5 Å². The summed E-state index contributed by atoms with van der Waals surface area (Å²) in [5, 5.41) is 17.1. The van der Waals surface area contributed by atoms with E-state index in [0.29, 0.717) is 6.07 Å². The number of phenols is 1. The number of carbonyl (C=O) groups is 1. The lowest BCUT2D eigenvalue weighted by Gasteiger charge is -2.13. The van der Waals surface area contributed by atoms with Crippen LogP contribution in [0.4, 0.5) is 8.78 Å². The Balaban J connectivity index is 3.26. The zero-order chi connectivity index (χ0) is 12.5. The molecule has 88 valence electrons. The molecule has 1 atom stereocenters. The molecule has 0 aromatic heterocycles. The highest BCUT2D eigenvalue weighted by Crippen LogP contribution is 2.34. The molecule has 0 saturated heterocycles. The minimum atomic E-state index is -1.37. The molecule has 0 radical (unpaired) electrons. The quantitative estimate of drug-likeness (QED) is 0.715. The van der Waals surface area contributed by atoms with Gasteiger partial charge in [0.2, 0.25) is 0 Å². The van der Waals surface area contributed by atoms with Gasteiger partial charge in [0.1, 0.15) is 5.82 Å². The average Bonchev–Trinajstić information content (AvgIpc) is 2.14. The fourth-order valence-corrected chi connectivity index (χ4v) is 1.43. The van der Waals surface area contributed by atoms with Crippen LogP contribution in [0.15, 0.2) is 6.07 Å². The normalized spacial score (nSPS) is 12.5. The van der Waals surface area contributed by atoms with E-state index in [4.69, 9.17) is 22.4 Å². The molecule has 0 aliphatic carbocycles. The van der Waals surface area contributed by atoms with Crippen LogP contribution in [0.1, 0.15) is 18.0 Å². The third kappa shape index (κ3) is 2.40. The Morgan fingerprint density at radius 2 is 2.12 bits per heavy atom. The minimum absolute atomic E-state index is 0.564. The molecule has 0 spiro atoms. The highest BCUT2D eigenvalue weighted by Gasteiger charge is 2.24. The van der Waals surface area contributed by atoms with E-state index < -0.39 is 46.4 Å². The fourth-order valence-electron chi connectivity index (χ4n) is 1.23. The summed E-state index contributed by atoms with van der Waals surface area (Å²) < 4.78 is 26.4. The summed E-state index contributed by atoms with van der Waals surface area (Å²) in [6.07, 6.45) is -0.649. The van der Waals surface area contributed by atoms with Gasteiger partial charge in [-0.2, -0.15) is 0 Å². The maximum atomic E-state index is 13.4. The number of phenolic OH excluding ortho intramolecular Hbond substituents is 1. The summed E-state index contributed by atoms with van der Waals surface area (Å²) in [7, 11) is 0. The van der Waals surface area contributed by atoms with Gasteiger partial charge in [0.25, 0.3) is 0 Å². The van der Waals surface area contributed by atoms with Gasteiger partial charge in [-0.05, 0) is 6.07 Å². The Morgan fingerprint density at radius 1 is 1.56 bits per heavy atom. The van der Waals surface area contributed by atoms with Crippen molar-refractivity contribution in [3.63, 3.8) is 0 Å². The second-order valence-corrected chi connectivity index (χ2v) is 3.53. The first-order valence-electron chi connectivity index (χ1n) is 4.18. The second kappa shape index (κ2) is 4.63. The van der Waals surface area contributed by atoms with E-state index in [9.17, 15) is 18.7 Å². The molecular formula is C9H8ClF2NO3. The smallest absolute Gasteiger partial charge is 0.305 e. The fraction of sp³-hybridized carbons (Fsp3) is 0.222. The number of halogens is 3. The maximum absolute atomic E-state index is 13.4. The predicted octanol–water partition coefficient (Wildman–Crippen LogP) is 1.80. The van der Waals surface area contributed by atoms with Crippen molar-refractivity contribution in [2.24, 2.45) is 5.73 Å². The molecule has 16 heavy (non-hydrogen) atoms. The molecule has 4 N–H and O–H groups in total. The number of hydrogen-bond acceptors (Lipinski definition) is 3. The summed E-state index contributed by atoms with van der Waals surface area (Å²) in [5.41, 5.74) is 4.70. The molecule has 7 heteroatoms. The van der Waals surface area contributed by atoms with Crippen LogP contribution in [0.2, 0.25) is 5.02 Å². The topological polar surface area (TPSA) is 83.6 Å². The Hall–Kier alpha value is -1.40. The van der Waals surface area contributed by atoms with Gasteiger partial charge in [0, 0.05) is 6.04 Å². The Labute approximate surface area is 94.3 Å². The molecule has 1 aromatic rings. The van der Waals surface area contributed by atoms with E-state index in [1.54, 1.807) is 0 Å². The number of carboxylic acids is 1. The van der Waals surface area contributed by atoms with Gasteiger partial charge in [0.05, 0.1) is 17.0 Å². The molecule has 0 amide bonds. The number of aromatic hydroxyl groups is 1. The van der Waals surface area contributed by atoms with E-state index in [-0.39, 0.29) is 0 Å². The number of benzene rings is 1. The van der Waals surface area contributed by atoms with Crippen LogP contribution >= 0.6 is 11.6 Å². The summed E-state index contributed by atoms with van der Waals surface area (Å²) in [6, 6.07) is -0.783. The Morgan fingerprint density at radius 3 is 2.62 bits per heavy atom. The first-order valence-corrected chi connectivity index (χ1v) is 4.56. The van der Waals surface area contributed by atoms with Crippen molar-refractivity contribution in [1.29, 1.82) is 0 Å². The molecule has 4 nitrogen and oxygen atoms in total. The van der Waals surface area contributed by atoms with Gasteiger partial charge in [-0.15, -0.1) is 0 Å². The zero-order valence-electron chi connectivity index (χ0n) is 7.88. The summed E-state index contributed by atoms with van der Waals surface area (Å²) in [5.74, 6) is -4.58. The first-order chi connectivity index (χ1) is 7.34. The molecule has 0 aliphatic rings. The summed E-state index contributed by atoms with van der Waals surface area (Å²) in [4.78, 5) is 10.4. The van der Waals surface area contributed by atoms with E-state index in [2.05, 4.69) is 0 Å². The van der Waals surface area contributed by atoms with Crippen molar-refractivity contribution < 1.29 is 23.8 Å². The predicted molar refractivity (Wildman–Crippen MR) is 52.2 cm³/mol. The second-order valence-electron chi connectivity index (χ2n) is 3.12. The number of aliphatic carboxylic acids is 1. The maximum Gasteiger partial charge on any atom is 0.305 e. The van der Waals surface area contributed by atoms with Crippen LogP contribution in [0.5, 0.6) is 5.75 Å². The molecular weight excluding hydrogens is 244 g/mol. The molecule has 0 saturated carbocycles. The summed E-state index contributed by atoms with van der Waals surface area (Å²) in [6.45, 7) is 0. The van der Waals surface area contributed by atoms with Gasteiger partial charge in [0.15, 0.2) is 11.6 Å². The van der Waals surface area contributed by atoms with Crippen LogP contribution in [0, 0.1) is 11.6 Å². The third-order valence-corrected chi connectivity index (χ3v) is 2.22. The van der Waals surface area contributed by atoms with Crippen LogP contribution in [0.3, 0.4) is 0 Å². The monoisotopic (exact) mass is 251 g/mol. The lowest BCUT2D eigenvalue weighted by molar-refractivity contribution is -0.137. The third-order valence-electron chi connectivity index (χ3n) is 1.95. The minimum Gasteiger partial charge on any atom is -0.505 e. The van der Waals surface area contributed by atoms with Crippen LogP contribution < -0.4 is 5.73 Å². The van der Waals surface area contributed by atoms with Crippen LogP contribution in [-0.2, 0) is 4.79 Å². The SMILES string of the molecule is NC(CC(=O)O)c1c(O)c(F)cc(Cl)c1F. The lowest BCUT2D eigenvalue weighted by Crippen LogP contribution is -2.17. The van der Waals surface area contributed by atoms with Gasteiger partial charge in [-0.3, -0.25) is 4.79 Å². The van der Waals surface area contributed by atoms with Gasteiger partial charge in [-0.25, -0.2) is 8.78 Å². The molecule has 0 heterocycles. The molecule has 1 unspecified atom stereocenters. The highest BCUT2D eigenvalue weighted by molar-refractivity contribution is 6.30. The lowest BCUT2D eigenvalue weighted by atomic mass is 10.0. The van der Waals surface area contributed by atoms with Gasteiger partial charge in [-0.1, -0.05) is 11.6 Å². The Kier molecular flexibility index (Phi) is 3.66. The average molecular weight is 252 g/mol. The zero-order valence-corrected chi connectivity index (χ0v) is 8.63. The first kappa shape index (κ1) is 12.7. The number of nitrogens with two attached hydrogens (primary N) is 1. The van der Waals surface area contributed by atoms with Gasteiger partial charge >= 0.3 is 5.97 Å². The van der Waals surface area contributed by atoms with E-state index >= 15 is 0 Å². The molecule has 1 rings (SSSR count). The number of rotatable bonds is 3. The van der Waals surface area contributed by atoms with Crippen LogP contribution in [-0.4, -0.2) is 16.2 Å². The standard InChI is InChI=1S/C9H8ClF2NO3/c10-3-1-4(11)9(16)7(8(3)12)5(13)2-6(14)15/h1,5,16H,2,13H2,(H,14,15). The summed E-state index contributed by atoms with van der Waals surface area (Å²) >= 11 is 5.34. The molecule has 0 aliphatic heterocycles. The van der Waals surface area contributed by atoms with Crippen LogP contribution in [0.25, 0.3) is 0 Å². The van der Waals surface area contributed by atoms with Gasteiger partial charge < -0.3 is 15.9 Å². The number of carboxylic acid groups (broad SMARTS) is 1. The van der Waals surface area contributed by atoms with E-state index in [1.807, 2.05) is 0 Å². The van der Waals surface area contributed by atoms with Crippen molar-refractivity contribution >= 4 is 17.6 Å². The molecule has 0 fully saturated rings. The number of hydrogen-bond donors (Lipinski definition) is 3. The highest BCUT2D eigenvalue weighted by atomic mass is 35.5. The van der Waals surface area contributed by atoms with Crippen molar-refractivity contribution in [3.05, 3.63) is 28.3 Å². The van der Waals surface area contributed by atoms with E-state index in [0.717, 1.165) is 0 Å². The molecule has 0 bridgehead atoms.